The highest BCUT2D eigenvalue weighted by atomic mass is 15.2. The van der Waals surface area contributed by atoms with E-state index in [1.807, 2.05) is 12.1 Å². The van der Waals surface area contributed by atoms with Crippen LogP contribution in [0, 0.1) is 5.92 Å². The molecule has 0 heterocycles. The predicted octanol–water partition coefficient (Wildman–Crippen LogP) is 3.88. The molecule has 1 aromatic carbocycles. The molecule has 1 aliphatic carbocycles. The van der Waals surface area contributed by atoms with Crippen molar-refractivity contribution in [2.75, 3.05) is 18.8 Å². The highest BCUT2D eigenvalue weighted by molar-refractivity contribution is 5.40. The van der Waals surface area contributed by atoms with Gasteiger partial charge in [0.1, 0.15) is 0 Å². The molecule has 0 bridgehead atoms. The first kappa shape index (κ1) is 14.4. The van der Waals surface area contributed by atoms with Crippen molar-refractivity contribution >= 4 is 5.69 Å². The number of nitrogens with two attached hydrogens (primary N) is 1. The topological polar surface area (TPSA) is 29.3 Å². The molecular weight excluding hydrogens is 232 g/mol. The molecule has 2 heteroatoms. The molecule has 1 fully saturated rings. The van der Waals surface area contributed by atoms with Crippen LogP contribution < -0.4 is 5.73 Å². The standard InChI is InChI=1S/C17H28N2/c1-13(2)12-19(17-8-9-17)11-10-14(3)15-4-6-16(18)7-5-15/h4-7,13-14,17H,8-12,18H2,1-3H3. The summed E-state index contributed by atoms with van der Waals surface area (Å²) in [6, 6.07) is 9.24. The van der Waals surface area contributed by atoms with E-state index in [4.69, 9.17) is 5.73 Å². The molecule has 106 valence electrons. The molecule has 19 heavy (non-hydrogen) atoms. The van der Waals surface area contributed by atoms with Gasteiger partial charge in [-0.15, -0.1) is 0 Å². The van der Waals surface area contributed by atoms with Gasteiger partial charge in [0.15, 0.2) is 0 Å². The number of hydrogen-bond donors (Lipinski definition) is 1. The van der Waals surface area contributed by atoms with E-state index < -0.39 is 0 Å². The predicted molar refractivity (Wildman–Crippen MR) is 83.3 cm³/mol. The molecule has 2 N–H and O–H groups in total. The summed E-state index contributed by atoms with van der Waals surface area (Å²) in [4.78, 5) is 2.69. The zero-order valence-corrected chi connectivity index (χ0v) is 12.6. The third-order valence-corrected chi connectivity index (χ3v) is 4.02. The molecule has 0 aromatic heterocycles. The summed E-state index contributed by atoms with van der Waals surface area (Å²) in [7, 11) is 0. The largest absolute Gasteiger partial charge is 0.399 e. The Labute approximate surface area is 118 Å². The van der Waals surface area contributed by atoms with Crippen molar-refractivity contribution in [1.29, 1.82) is 0 Å². The van der Waals surface area contributed by atoms with Crippen molar-refractivity contribution < 1.29 is 0 Å². The second-order valence-electron chi connectivity index (χ2n) is 6.48. The van der Waals surface area contributed by atoms with Gasteiger partial charge in [0.25, 0.3) is 0 Å². The van der Waals surface area contributed by atoms with Crippen molar-refractivity contribution in [3.05, 3.63) is 29.8 Å². The van der Waals surface area contributed by atoms with E-state index in [2.05, 4.69) is 37.8 Å². The minimum absolute atomic E-state index is 0.619. The summed E-state index contributed by atoms with van der Waals surface area (Å²) in [6.07, 6.45) is 4.05. The molecule has 2 rings (SSSR count). The zero-order chi connectivity index (χ0) is 13.8. The van der Waals surface area contributed by atoms with Crippen LogP contribution in [0.2, 0.25) is 0 Å². The average Bonchev–Trinajstić information content (AvgIpc) is 3.18. The first-order valence-corrected chi connectivity index (χ1v) is 7.65. The van der Waals surface area contributed by atoms with Crippen molar-refractivity contribution in [3.63, 3.8) is 0 Å². The van der Waals surface area contributed by atoms with Crippen molar-refractivity contribution in [2.45, 2.75) is 52.0 Å². The van der Waals surface area contributed by atoms with Crippen LogP contribution in [-0.4, -0.2) is 24.0 Å². The normalized spacial score (nSPS) is 17.1. The van der Waals surface area contributed by atoms with E-state index in [9.17, 15) is 0 Å². The van der Waals surface area contributed by atoms with Crippen molar-refractivity contribution in [2.24, 2.45) is 5.92 Å². The van der Waals surface area contributed by atoms with Crippen LogP contribution in [0.1, 0.15) is 51.5 Å². The molecule has 1 aromatic rings. The molecular formula is C17H28N2. The van der Waals surface area contributed by atoms with Crippen LogP contribution in [-0.2, 0) is 0 Å². The Bertz CT molecular complexity index is 379. The Morgan fingerprint density at radius 1 is 1.16 bits per heavy atom. The van der Waals surface area contributed by atoms with Gasteiger partial charge < -0.3 is 10.6 Å². The monoisotopic (exact) mass is 260 g/mol. The molecule has 0 spiro atoms. The van der Waals surface area contributed by atoms with E-state index in [1.54, 1.807) is 0 Å². The third-order valence-electron chi connectivity index (χ3n) is 4.02. The lowest BCUT2D eigenvalue weighted by molar-refractivity contribution is 0.227. The van der Waals surface area contributed by atoms with Crippen molar-refractivity contribution in [3.8, 4) is 0 Å². The second kappa shape index (κ2) is 6.42. The molecule has 1 unspecified atom stereocenters. The smallest absolute Gasteiger partial charge is 0.0314 e. The van der Waals surface area contributed by atoms with Crippen LogP contribution >= 0.6 is 0 Å². The highest BCUT2D eigenvalue weighted by Crippen LogP contribution is 2.29. The quantitative estimate of drug-likeness (QED) is 0.754. The zero-order valence-electron chi connectivity index (χ0n) is 12.6. The summed E-state index contributed by atoms with van der Waals surface area (Å²) >= 11 is 0. The van der Waals surface area contributed by atoms with Crippen molar-refractivity contribution in [1.82, 2.24) is 4.90 Å². The molecule has 0 amide bonds. The molecule has 2 nitrogen and oxygen atoms in total. The maximum Gasteiger partial charge on any atom is 0.0314 e. The fraction of sp³-hybridized carbons (Fsp3) is 0.647. The van der Waals surface area contributed by atoms with Gasteiger partial charge >= 0.3 is 0 Å². The van der Waals surface area contributed by atoms with Gasteiger partial charge in [0.2, 0.25) is 0 Å². The van der Waals surface area contributed by atoms with Crippen LogP contribution in [0.25, 0.3) is 0 Å². The number of nitrogens with zero attached hydrogens (tertiary/aromatic N) is 1. The van der Waals surface area contributed by atoms with E-state index in [1.165, 1.54) is 37.9 Å². The highest BCUT2D eigenvalue weighted by Gasteiger charge is 2.29. The molecule has 1 atom stereocenters. The Morgan fingerprint density at radius 3 is 2.32 bits per heavy atom. The molecule has 0 radical (unpaired) electrons. The molecule has 1 aliphatic rings. The fourth-order valence-electron chi connectivity index (χ4n) is 2.68. The Kier molecular flexibility index (Phi) is 4.87. The fourth-order valence-corrected chi connectivity index (χ4v) is 2.68. The Balaban J connectivity index is 1.84. The summed E-state index contributed by atoms with van der Waals surface area (Å²) in [6.45, 7) is 9.44. The second-order valence-corrected chi connectivity index (χ2v) is 6.48. The lowest BCUT2D eigenvalue weighted by Crippen LogP contribution is -2.31. The Hall–Kier alpha value is -1.02. The summed E-state index contributed by atoms with van der Waals surface area (Å²) in [5, 5.41) is 0. The summed E-state index contributed by atoms with van der Waals surface area (Å²) in [5.74, 6) is 1.39. The van der Waals surface area contributed by atoms with Crippen LogP contribution in [0.5, 0.6) is 0 Å². The van der Waals surface area contributed by atoms with E-state index in [-0.39, 0.29) is 0 Å². The van der Waals surface area contributed by atoms with E-state index >= 15 is 0 Å². The summed E-state index contributed by atoms with van der Waals surface area (Å²) in [5.41, 5.74) is 8.01. The number of anilines is 1. The third kappa shape index (κ3) is 4.54. The Morgan fingerprint density at radius 2 is 1.79 bits per heavy atom. The van der Waals surface area contributed by atoms with Crippen LogP contribution in [0.4, 0.5) is 5.69 Å². The lowest BCUT2D eigenvalue weighted by atomic mass is 9.97. The van der Waals surface area contributed by atoms with Gasteiger partial charge in [0.05, 0.1) is 0 Å². The minimum Gasteiger partial charge on any atom is -0.399 e. The lowest BCUT2D eigenvalue weighted by Gasteiger charge is -2.25. The van der Waals surface area contributed by atoms with Crippen LogP contribution in [0.3, 0.4) is 0 Å². The maximum atomic E-state index is 5.74. The van der Waals surface area contributed by atoms with E-state index in [0.717, 1.165) is 17.6 Å². The first-order chi connectivity index (χ1) is 9.06. The number of hydrogen-bond acceptors (Lipinski definition) is 2. The van der Waals surface area contributed by atoms with Gasteiger partial charge in [-0.25, -0.2) is 0 Å². The van der Waals surface area contributed by atoms with Crippen LogP contribution in [0.15, 0.2) is 24.3 Å². The van der Waals surface area contributed by atoms with E-state index in [0.29, 0.717) is 5.92 Å². The first-order valence-electron chi connectivity index (χ1n) is 7.65. The molecule has 1 saturated carbocycles. The SMILES string of the molecule is CC(C)CN(CCC(C)c1ccc(N)cc1)C1CC1. The number of rotatable bonds is 7. The minimum atomic E-state index is 0.619. The van der Waals surface area contributed by atoms with Gasteiger partial charge in [-0.3, -0.25) is 0 Å². The van der Waals surface area contributed by atoms with Gasteiger partial charge in [-0.2, -0.15) is 0 Å². The van der Waals surface area contributed by atoms with Gasteiger partial charge in [-0.1, -0.05) is 32.9 Å². The van der Waals surface area contributed by atoms with Gasteiger partial charge in [0, 0.05) is 18.3 Å². The number of nitrogen functional groups attached to an aromatic ring is 1. The maximum absolute atomic E-state index is 5.74. The average molecular weight is 260 g/mol. The molecule has 0 aliphatic heterocycles. The van der Waals surface area contributed by atoms with Gasteiger partial charge in [-0.05, 0) is 55.3 Å². The summed E-state index contributed by atoms with van der Waals surface area (Å²) < 4.78 is 0. The molecule has 0 saturated heterocycles. The number of benzene rings is 1.